The van der Waals surface area contributed by atoms with Crippen LogP contribution in [0.25, 0.3) is 0 Å². The lowest BCUT2D eigenvalue weighted by atomic mass is 10.0. The number of sulfonamides is 1. The number of carbonyl (C=O) groups excluding carboxylic acids is 2. The van der Waals surface area contributed by atoms with Gasteiger partial charge in [-0.25, -0.2) is 8.42 Å². The third kappa shape index (κ3) is 6.90. The van der Waals surface area contributed by atoms with Gasteiger partial charge >= 0.3 is 0 Å². The van der Waals surface area contributed by atoms with E-state index in [9.17, 15) is 18.0 Å². The molecule has 0 radical (unpaired) electrons. The maximum Gasteiger partial charge on any atom is 0.243 e. The Bertz CT molecular complexity index is 1100. The molecule has 0 aromatic heterocycles. The second-order valence-electron chi connectivity index (χ2n) is 8.79. The van der Waals surface area contributed by atoms with Crippen molar-refractivity contribution in [2.24, 2.45) is 0 Å². The van der Waals surface area contributed by atoms with E-state index in [1.807, 2.05) is 23.1 Å². The minimum atomic E-state index is -3.73. The van der Waals surface area contributed by atoms with Crippen molar-refractivity contribution in [2.45, 2.75) is 38.0 Å². The topological polar surface area (TPSA) is 90.0 Å². The van der Waals surface area contributed by atoms with Crippen molar-refractivity contribution in [3.63, 3.8) is 0 Å². The molecule has 2 aromatic rings. The number of para-hydroxylation sites is 1. The molecule has 1 N–H and O–H groups in total. The van der Waals surface area contributed by atoms with Crippen LogP contribution in [0.2, 0.25) is 0 Å². The van der Waals surface area contributed by atoms with Gasteiger partial charge in [0.15, 0.2) is 0 Å². The third-order valence-corrected chi connectivity index (χ3v) is 8.20. The number of amides is 2. The van der Waals surface area contributed by atoms with Crippen LogP contribution in [-0.4, -0.2) is 80.7 Å². The summed E-state index contributed by atoms with van der Waals surface area (Å²) in [5.74, 6) is -0.295. The van der Waals surface area contributed by atoms with Crippen LogP contribution in [0.5, 0.6) is 0 Å². The van der Waals surface area contributed by atoms with E-state index in [2.05, 4.69) is 19.2 Å². The van der Waals surface area contributed by atoms with Crippen molar-refractivity contribution < 1.29 is 18.0 Å². The quantitative estimate of drug-likeness (QED) is 0.572. The number of carbonyl (C=O) groups is 2. The number of anilines is 1. The SMILES string of the molecule is CCc1cccc(CC)c1NC(=O)CN1CCCN(C(=O)CN(C)S(=O)(=O)c2ccccc2)CC1. The number of hydrogen-bond acceptors (Lipinski definition) is 5. The zero-order chi connectivity index (χ0) is 25.4. The summed E-state index contributed by atoms with van der Waals surface area (Å²) in [6.07, 6.45) is 2.41. The molecule has 0 bridgehead atoms. The van der Waals surface area contributed by atoms with E-state index in [0.29, 0.717) is 26.2 Å². The molecular formula is C26H36N4O4S. The molecule has 190 valence electrons. The Balaban J connectivity index is 1.55. The standard InChI is InChI=1S/C26H36N4O4S/c1-4-21-11-9-12-22(5-2)26(21)27-24(31)19-29-15-10-16-30(18-17-29)25(32)20-28(3)35(33,34)23-13-7-6-8-14-23/h6-9,11-14H,4-5,10,15-20H2,1-3H3,(H,27,31). The molecule has 9 heteroatoms. The maximum absolute atomic E-state index is 12.9. The number of nitrogens with one attached hydrogen (secondary N) is 1. The van der Waals surface area contributed by atoms with Crippen molar-refractivity contribution in [2.75, 3.05) is 51.6 Å². The first-order valence-corrected chi connectivity index (χ1v) is 13.6. The van der Waals surface area contributed by atoms with Gasteiger partial charge in [0.25, 0.3) is 0 Å². The number of rotatable bonds is 9. The Kier molecular flexibility index (Phi) is 9.42. The average molecular weight is 501 g/mol. The van der Waals surface area contributed by atoms with Gasteiger partial charge in [-0.1, -0.05) is 50.2 Å². The van der Waals surface area contributed by atoms with E-state index in [1.54, 1.807) is 23.1 Å². The molecular weight excluding hydrogens is 464 g/mol. The number of aryl methyl sites for hydroxylation is 2. The van der Waals surface area contributed by atoms with Crippen LogP contribution in [0.1, 0.15) is 31.4 Å². The zero-order valence-electron chi connectivity index (χ0n) is 20.9. The van der Waals surface area contributed by atoms with E-state index in [4.69, 9.17) is 0 Å². The van der Waals surface area contributed by atoms with Gasteiger partial charge in [-0.3, -0.25) is 14.5 Å². The predicted molar refractivity (Wildman–Crippen MR) is 138 cm³/mol. The van der Waals surface area contributed by atoms with Crippen molar-refractivity contribution in [1.82, 2.24) is 14.1 Å². The fourth-order valence-electron chi connectivity index (χ4n) is 4.31. The fraction of sp³-hybridized carbons (Fsp3) is 0.462. The molecule has 0 unspecified atom stereocenters. The second kappa shape index (κ2) is 12.3. The van der Waals surface area contributed by atoms with Crippen LogP contribution in [0.15, 0.2) is 53.4 Å². The fourth-order valence-corrected chi connectivity index (χ4v) is 5.45. The Labute approximate surface area is 209 Å². The number of benzene rings is 2. The van der Waals surface area contributed by atoms with Crippen LogP contribution in [0.4, 0.5) is 5.69 Å². The minimum absolute atomic E-state index is 0.0611. The number of hydrogen-bond donors (Lipinski definition) is 1. The monoisotopic (exact) mass is 500 g/mol. The van der Waals surface area contributed by atoms with Gasteiger partial charge in [0.05, 0.1) is 18.0 Å². The van der Waals surface area contributed by atoms with Gasteiger partial charge in [0.2, 0.25) is 21.8 Å². The molecule has 0 saturated carbocycles. The first-order valence-electron chi connectivity index (χ1n) is 12.2. The molecule has 0 atom stereocenters. The summed E-state index contributed by atoms with van der Waals surface area (Å²) in [6, 6.07) is 14.2. The zero-order valence-corrected chi connectivity index (χ0v) is 21.7. The highest BCUT2D eigenvalue weighted by atomic mass is 32.2. The van der Waals surface area contributed by atoms with E-state index in [1.165, 1.54) is 19.2 Å². The summed E-state index contributed by atoms with van der Waals surface area (Å²) in [4.78, 5) is 29.6. The molecule has 0 aliphatic carbocycles. The summed E-state index contributed by atoms with van der Waals surface area (Å²) >= 11 is 0. The number of likely N-dealkylation sites (N-methyl/N-ethyl adjacent to an activating group) is 1. The summed E-state index contributed by atoms with van der Waals surface area (Å²) in [7, 11) is -2.30. The van der Waals surface area contributed by atoms with Crippen molar-refractivity contribution >= 4 is 27.5 Å². The van der Waals surface area contributed by atoms with E-state index in [-0.39, 0.29) is 29.8 Å². The van der Waals surface area contributed by atoms with E-state index >= 15 is 0 Å². The lowest BCUT2D eigenvalue weighted by Crippen LogP contribution is -2.43. The van der Waals surface area contributed by atoms with Crippen molar-refractivity contribution in [3.8, 4) is 0 Å². The highest BCUT2D eigenvalue weighted by Gasteiger charge is 2.26. The molecule has 1 fully saturated rings. The number of nitrogens with zero attached hydrogens (tertiary/aromatic N) is 3. The lowest BCUT2D eigenvalue weighted by Gasteiger charge is -2.24. The molecule has 0 spiro atoms. The predicted octanol–water partition coefficient (Wildman–Crippen LogP) is 2.60. The molecule has 35 heavy (non-hydrogen) atoms. The van der Waals surface area contributed by atoms with Crippen LogP contribution in [0, 0.1) is 0 Å². The molecule has 2 amide bonds. The van der Waals surface area contributed by atoms with Gasteiger partial charge in [-0.15, -0.1) is 0 Å². The first kappa shape index (κ1) is 26.8. The van der Waals surface area contributed by atoms with Crippen molar-refractivity contribution in [3.05, 3.63) is 59.7 Å². The van der Waals surface area contributed by atoms with Crippen LogP contribution >= 0.6 is 0 Å². The Morgan fingerprint density at radius 2 is 1.57 bits per heavy atom. The van der Waals surface area contributed by atoms with Gasteiger partial charge < -0.3 is 10.2 Å². The largest absolute Gasteiger partial charge is 0.340 e. The highest BCUT2D eigenvalue weighted by Crippen LogP contribution is 2.22. The Morgan fingerprint density at radius 3 is 2.20 bits per heavy atom. The van der Waals surface area contributed by atoms with Gasteiger partial charge in [0.1, 0.15) is 0 Å². The minimum Gasteiger partial charge on any atom is -0.340 e. The second-order valence-corrected chi connectivity index (χ2v) is 10.8. The van der Waals surface area contributed by atoms with Crippen LogP contribution in [0.3, 0.4) is 0 Å². The molecule has 1 saturated heterocycles. The summed E-state index contributed by atoms with van der Waals surface area (Å²) < 4.78 is 26.6. The normalized spacial score (nSPS) is 15.1. The van der Waals surface area contributed by atoms with Gasteiger partial charge in [0, 0.05) is 38.9 Å². The molecule has 8 nitrogen and oxygen atoms in total. The lowest BCUT2D eigenvalue weighted by molar-refractivity contribution is -0.131. The summed E-state index contributed by atoms with van der Waals surface area (Å²) in [5, 5.41) is 3.11. The average Bonchev–Trinajstić information content (AvgIpc) is 3.10. The molecule has 2 aromatic carbocycles. The maximum atomic E-state index is 12.9. The van der Waals surface area contributed by atoms with Crippen LogP contribution < -0.4 is 5.32 Å². The van der Waals surface area contributed by atoms with Gasteiger partial charge in [-0.2, -0.15) is 4.31 Å². The summed E-state index contributed by atoms with van der Waals surface area (Å²) in [5.41, 5.74) is 3.16. The third-order valence-electron chi connectivity index (χ3n) is 6.38. The Morgan fingerprint density at radius 1 is 0.914 bits per heavy atom. The first-order chi connectivity index (χ1) is 16.8. The molecule has 1 aliphatic rings. The molecule has 1 aliphatic heterocycles. The molecule has 3 rings (SSSR count). The van der Waals surface area contributed by atoms with E-state index in [0.717, 1.165) is 40.4 Å². The van der Waals surface area contributed by atoms with Crippen LogP contribution in [-0.2, 0) is 32.5 Å². The smallest absolute Gasteiger partial charge is 0.243 e. The molecule has 1 heterocycles. The van der Waals surface area contributed by atoms with E-state index < -0.39 is 10.0 Å². The van der Waals surface area contributed by atoms with Gasteiger partial charge in [-0.05, 0) is 42.5 Å². The summed E-state index contributed by atoms with van der Waals surface area (Å²) in [6.45, 7) is 6.44. The van der Waals surface area contributed by atoms with Crippen molar-refractivity contribution in [1.29, 1.82) is 0 Å². The Hall–Kier alpha value is -2.75. The highest BCUT2D eigenvalue weighted by molar-refractivity contribution is 7.89.